The highest BCUT2D eigenvalue weighted by molar-refractivity contribution is 5.94. The highest BCUT2D eigenvalue weighted by atomic mass is 16.1. The van der Waals surface area contributed by atoms with E-state index in [1.165, 1.54) is 56.9 Å². The summed E-state index contributed by atoms with van der Waals surface area (Å²) in [6.45, 7) is 13.8. The lowest BCUT2D eigenvalue weighted by molar-refractivity contribution is 0.101. The van der Waals surface area contributed by atoms with Crippen LogP contribution in [0.5, 0.6) is 0 Å². The van der Waals surface area contributed by atoms with Crippen molar-refractivity contribution >= 4 is 11.9 Å². The third-order valence-electron chi connectivity index (χ3n) is 7.66. The van der Waals surface area contributed by atoms with Gasteiger partial charge in [0.2, 0.25) is 0 Å². The van der Waals surface area contributed by atoms with E-state index in [1.807, 2.05) is 12.1 Å². The van der Waals surface area contributed by atoms with Crippen molar-refractivity contribution in [3.05, 3.63) is 52.6 Å². The average molecular weight is 393 g/mol. The molecule has 0 amide bonds. The van der Waals surface area contributed by atoms with Gasteiger partial charge in [-0.1, -0.05) is 101 Å². The Kier molecular flexibility index (Phi) is 6.27. The third kappa shape index (κ3) is 4.76. The van der Waals surface area contributed by atoms with E-state index in [9.17, 15) is 4.79 Å². The van der Waals surface area contributed by atoms with Gasteiger partial charge in [-0.05, 0) is 60.8 Å². The van der Waals surface area contributed by atoms with Crippen molar-refractivity contribution < 1.29 is 4.79 Å². The maximum Gasteiger partial charge on any atom is 0.159 e. The molecule has 0 radical (unpaired) electrons. The fourth-order valence-corrected chi connectivity index (χ4v) is 5.41. The van der Waals surface area contributed by atoms with Gasteiger partial charge in [-0.15, -0.1) is 0 Å². The molecule has 2 aliphatic rings. The van der Waals surface area contributed by atoms with Crippen molar-refractivity contribution in [1.82, 2.24) is 0 Å². The minimum Gasteiger partial charge on any atom is -0.295 e. The largest absolute Gasteiger partial charge is 0.295 e. The highest BCUT2D eigenvalue weighted by Gasteiger charge is 2.48. The maximum atomic E-state index is 11.6. The van der Waals surface area contributed by atoms with Crippen molar-refractivity contribution in [3.63, 3.8) is 0 Å². The van der Waals surface area contributed by atoms with Crippen molar-refractivity contribution in [2.75, 3.05) is 0 Å². The molecule has 29 heavy (non-hydrogen) atoms. The summed E-state index contributed by atoms with van der Waals surface area (Å²) in [7, 11) is 0. The first-order valence-corrected chi connectivity index (χ1v) is 11.6. The normalized spacial score (nSPS) is 22.1. The zero-order valence-corrected chi connectivity index (χ0v) is 19.5. The summed E-state index contributed by atoms with van der Waals surface area (Å²) in [5, 5.41) is 0. The molecule has 0 bridgehead atoms. The molecular formula is C28H40O. The molecule has 0 N–H and O–H groups in total. The Morgan fingerprint density at radius 2 is 1.48 bits per heavy atom. The number of Topliss-reactive ketones (excluding diaryl/α,β-unsaturated/α-hetero) is 1. The van der Waals surface area contributed by atoms with Gasteiger partial charge in [-0.2, -0.15) is 0 Å². The number of unbranched alkanes of at least 4 members (excludes halogenated alkanes) is 2. The van der Waals surface area contributed by atoms with Gasteiger partial charge in [-0.25, -0.2) is 0 Å². The van der Waals surface area contributed by atoms with Gasteiger partial charge in [0.05, 0.1) is 0 Å². The zero-order valence-electron chi connectivity index (χ0n) is 19.5. The van der Waals surface area contributed by atoms with E-state index < -0.39 is 0 Å². The number of benzene rings is 1. The van der Waals surface area contributed by atoms with Crippen molar-refractivity contribution in [2.45, 2.75) is 92.9 Å². The molecule has 3 rings (SSSR count). The average Bonchev–Trinajstić information content (AvgIpc) is 3.07. The monoisotopic (exact) mass is 392 g/mol. The Bertz CT molecular complexity index is 773. The van der Waals surface area contributed by atoms with Crippen LogP contribution in [-0.2, 0) is 0 Å². The molecule has 0 unspecified atom stereocenters. The van der Waals surface area contributed by atoms with Crippen LogP contribution in [0.4, 0.5) is 0 Å². The summed E-state index contributed by atoms with van der Waals surface area (Å²) in [5.41, 5.74) is 6.44. The van der Waals surface area contributed by atoms with Gasteiger partial charge in [0.1, 0.15) is 0 Å². The summed E-state index contributed by atoms with van der Waals surface area (Å²) < 4.78 is 0. The molecule has 0 aliphatic heterocycles. The lowest BCUT2D eigenvalue weighted by Crippen LogP contribution is -2.28. The molecule has 0 saturated carbocycles. The first kappa shape index (κ1) is 22.1. The predicted octanol–water partition coefficient (Wildman–Crippen LogP) is 8.41. The van der Waals surface area contributed by atoms with Gasteiger partial charge in [0.15, 0.2) is 5.78 Å². The third-order valence-corrected chi connectivity index (χ3v) is 7.66. The maximum absolute atomic E-state index is 11.6. The number of allylic oxidation sites excluding steroid dienone is 3. The lowest BCUT2D eigenvalue weighted by atomic mass is 9.64. The van der Waals surface area contributed by atoms with Crippen LogP contribution in [-0.4, -0.2) is 5.78 Å². The molecule has 0 fully saturated rings. The van der Waals surface area contributed by atoms with Crippen LogP contribution in [0.3, 0.4) is 0 Å². The lowest BCUT2D eigenvalue weighted by Gasteiger charge is -2.41. The minimum atomic E-state index is 0.133. The molecule has 158 valence electrons. The van der Waals surface area contributed by atoms with Crippen LogP contribution in [0.1, 0.15) is 109 Å². The second-order valence-corrected chi connectivity index (χ2v) is 10.9. The van der Waals surface area contributed by atoms with Crippen LogP contribution in [0.25, 0.3) is 6.08 Å². The summed E-state index contributed by atoms with van der Waals surface area (Å²) in [6, 6.07) is 8.08. The van der Waals surface area contributed by atoms with E-state index >= 15 is 0 Å². The Morgan fingerprint density at radius 1 is 0.931 bits per heavy atom. The zero-order chi connectivity index (χ0) is 21.3. The number of ketones is 1. The van der Waals surface area contributed by atoms with E-state index in [-0.39, 0.29) is 11.2 Å². The minimum absolute atomic E-state index is 0.133. The molecule has 1 aromatic carbocycles. The Balaban J connectivity index is 1.89. The van der Waals surface area contributed by atoms with Crippen LogP contribution in [0.15, 0.2) is 41.5 Å². The molecule has 1 heteroatoms. The van der Waals surface area contributed by atoms with Gasteiger partial charge in [0.25, 0.3) is 0 Å². The number of carbonyl (C=O) groups is 1. The van der Waals surface area contributed by atoms with Gasteiger partial charge in [0, 0.05) is 5.56 Å². The second-order valence-electron chi connectivity index (χ2n) is 10.9. The quantitative estimate of drug-likeness (QED) is 0.258. The Hall–Kier alpha value is -1.63. The van der Waals surface area contributed by atoms with Gasteiger partial charge < -0.3 is 0 Å². The first-order chi connectivity index (χ1) is 13.6. The smallest absolute Gasteiger partial charge is 0.159 e. The standard InChI is InChI=1S/C28H40O/c1-7-8-9-15-28(16-14-22-10-12-23(13-11-22)21(2)29)19-24-25(20-28)27(5,6)18-17-26(24,3)4/h10-14,16H,7-9,15,17-20H2,1-6H3/b16-14+. The molecule has 0 spiro atoms. The number of hydrogen-bond acceptors (Lipinski definition) is 1. The predicted molar refractivity (Wildman–Crippen MR) is 125 cm³/mol. The van der Waals surface area contributed by atoms with E-state index in [4.69, 9.17) is 0 Å². The van der Waals surface area contributed by atoms with Crippen molar-refractivity contribution in [1.29, 1.82) is 0 Å². The number of carbonyl (C=O) groups excluding carboxylic acids is 1. The molecule has 0 saturated heterocycles. The molecule has 0 heterocycles. The Morgan fingerprint density at radius 3 is 1.97 bits per heavy atom. The van der Waals surface area contributed by atoms with Crippen LogP contribution < -0.4 is 0 Å². The molecule has 1 aromatic rings. The van der Waals surface area contributed by atoms with E-state index in [0.717, 1.165) is 5.56 Å². The molecule has 1 nitrogen and oxygen atoms in total. The van der Waals surface area contributed by atoms with Crippen molar-refractivity contribution in [2.24, 2.45) is 16.2 Å². The number of rotatable bonds is 7. The fourth-order valence-electron chi connectivity index (χ4n) is 5.41. The SMILES string of the molecule is CCCCCC1(/C=C/c2ccc(C(C)=O)cc2)CC2=C(C1)C(C)(C)CCC2(C)C. The van der Waals surface area contributed by atoms with Crippen LogP contribution >= 0.6 is 0 Å². The van der Waals surface area contributed by atoms with E-state index in [1.54, 1.807) is 18.1 Å². The molecule has 0 aromatic heterocycles. The van der Waals surface area contributed by atoms with Gasteiger partial charge in [-0.3, -0.25) is 4.79 Å². The molecular weight excluding hydrogens is 352 g/mol. The second kappa shape index (κ2) is 8.25. The summed E-state index contributed by atoms with van der Waals surface area (Å²) in [5.74, 6) is 0.133. The molecule has 2 aliphatic carbocycles. The molecule has 0 atom stereocenters. The van der Waals surface area contributed by atoms with E-state index in [0.29, 0.717) is 10.8 Å². The first-order valence-electron chi connectivity index (χ1n) is 11.6. The topological polar surface area (TPSA) is 17.1 Å². The highest BCUT2D eigenvalue weighted by Crippen LogP contribution is 2.61. The van der Waals surface area contributed by atoms with Crippen LogP contribution in [0.2, 0.25) is 0 Å². The summed E-state index contributed by atoms with van der Waals surface area (Å²) in [6.07, 6.45) is 15.1. The fraction of sp³-hybridized carbons (Fsp3) is 0.607. The summed E-state index contributed by atoms with van der Waals surface area (Å²) >= 11 is 0. The van der Waals surface area contributed by atoms with Crippen molar-refractivity contribution in [3.8, 4) is 0 Å². The van der Waals surface area contributed by atoms with Gasteiger partial charge >= 0.3 is 0 Å². The number of hydrogen-bond donors (Lipinski definition) is 0. The Labute approximate surface area is 178 Å². The van der Waals surface area contributed by atoms with Crippen LogP contribution in [0, 0.1) is 16.2 Å². The van der Waals surface area contributed by atoms with E-state index in [2.05, 4.69) is 58.9 Å². The summed E-state index contributed by atoms with van der Waals surface area (Å²) in [4.78, 5) is 11.6.